The van der Waals surface area contributed by atoms with Gasteiger partial charge in [-0.3, -0.25) is 14.9 Å². The second kappa shape index (κ2) is 12.6. The summed E-state index contributed by atoms with van der Waals surface area (Å²) >= 11 is 0. The molecule has 7 heteroatoms. The van der Waals surface area contributed by atoms with Crippen molar-refractivity contribution in [3.05, 3.63) is 46.2 Å². The van der Waals surface area contributed by atoms with E-state index in [9.17, 15) is 20.2 Å². The minimum Gasteiger partial charge on any atom is -0.387 e. The lowest BCUT2D eigenvalue weighted by atomic mass is 9.98. The van der Waals surface area contributed by atoms with Gasteiger partial charge in [0.25, 0.3) is 11.6 Å². The number of amides is 1. The zero-order chi connectivity index (χ0) is 20.9. The highest BCUT2D eigenvalue weighted by Crippen LogP contribution is 2.23. The van der Waals surface area contributed by atoms with E-state index in [1.165, 1.54) is 69.3 Å². The van der Waals surface area contributed by atoms with Gasteiger partial charge < -0.3 is 10.6 Å². The molecule has 0 aliphatic heterocycles. The summed E-state index contributed by atoms with van der Waals surface area (Å²) in [5.41, 5.74) is -0.214. The Balaban J connectivity index is 1.98. The molecule has 1 aromatic carbocycles. The molecule has 1 fully saturated rings. The van der Waals surface area contributed by atoms with Crippen molar-refractivity contribution in [2.75, 3.05) is 5.32 Å². The Morgan fingerprint density at radius 1 is 1.03 bits per heavy atom. The molecule has 0 radical (unpaired) electrons. The van der Waals surface area contributed by atoms with Crippen molar-refractivity contribution >= 4 is 17.3 Å². The number of nitrogens with zero attached hydrogens (tertiary/aromatic N) is 2. The molecule has 29 heavy (non-hydrogen) atoms. The lowest BCUT2D eigenvalue weighted by molar-refractivity contribution is -0.383. The molecule has 2 rings (SSSR count). The van der Waals surface area contributed by atoms with E-state index in [1.807, 2.05) is 6.07 Å². The van der Waals surface area contributed by atoms with Crippen molar-refractivity contribution in [3.8, 4) is 6.07 Å². The van der Waals surface area contributed by atoms with Crippen molar-refractivity contribution in [1.29, 1.82) is 5.26 Å². The van der Waals surface area contributed by atoms with Crippen LogP contribution in [0.2, 0.25) is 0 Å². The van der Waals surface area contributed by atoms with Gasteiger partial charge in [-0.25, -0.2) is 0 Å². The Bertz CT molecular complexity index is 743. The fourth-order valence-electron chi connectivity index (χ4n) is 3.61. The Kier molecular flexibility index (Phi) is 9.70. The quantitative estimate of drug-likeness (QED) is 0.306. The molecule has 1 amide bonds. The van der Waals surface area contributed by atoms with Crippen molar-refractivity contribution < 1.29 is 9.72 Å². The molecule has 0 heterocycles. The first-order valence-corrected chi connectivity index (χ1v) is 10.5. The van der Waals surface area contributed by atoms with Crippen LogP contribution in [0.5, 0.6) is 0 Å². The van der Waals surface area contributed by atoms with E-state index in [0.717, 1.165) is 25.7 Å². The summed E-state index contributed by atoms with van der Waals surface area (Å²) in [7, 11) is 0. The van der Waals surface area contributed by atoms with Gasteiger partial charge in [0.15, 0.2) is 0 Å². The highest BCUT2D eigenvalue weighted by molar-refractivity contribution is 6.07. The Hall–Kier alpha value is -2.88. The predicted octanol–water partition coefficient (Wildman–Crippen LogP) is 5.20. The first-order chi connectivity index (χ1) is 14.1. The number of carbonyl (C=O) groups excluding carboxylic acids is 1. The number of hydrogen-bond donors (Lipinski definition) is 2. The standard InChI is InChI=1S/C22H30N4O3/c23-16-18(22(27)25-20-14-10-11-15-21(20)26(28)29)17-24-19-12-8-6-4-2-1-3-5-7-9-13-19/h10-11,14-15,17,19,24H,1-9,12-13H2,(H,25,27)/b18-17-. The van der Waals surface area contributed by atoms with E-state index >= 15 is 0 Å². The highest BCUT2D eigenvalue weighted by Gasteiger charge is 2.17. The van der Waals surface area contributed by atoms with Gasteiger partial charge in [-0.1, -0.05) is 69.9 Å². The van der Waals surface area contributed by atoms with Crippen LogP contribution < -0.4 is 10.6 Å². The molecule has 1 aromatic rings. The SMILES string of the molecule is N#C/C(=C/NC1CCCCCCCCCCC1)C(=O)Nc1ccccc1[N+](=O)[O-]. The third kappa shape index (κ3) is 7.94. The maximum Gasteiger partial charge on any atom is 0.292 e. The van der Waals surface area contributed by atoms with Crippen molar-refractivity contribution in [2.45, 2.75) is 76.7 Å². The van der Waals surface area contributed by atoms with Crippen LogP contribution in [0.1, 0.15) is 70.6 Å². The number of carbonyl (C=O) groups is 1. The van der Waals surface area contributed by atoms with Crippen molar-refractivity contribution in [3.63, 3.8) is 0 Å². The number of nitro benzene ring substituents is 1. The second-order valence-corrected chi connectivity index (χ2v) is 7.52. The van der Waals surface area contributed by atoms with Crippen LogP contribution in [0.3, 0.4) is 0 Å². The topological polar surface area (TPSA) is 108 Å². The van der Waals surface area contributed by atoms with Crippen LogP contribution in [0.4, 0.5) is 11.4 Å². The Labute approximate surface area is 172 Å². The largest absolute Gasteiger partial charge is 0.387 e. The normalized spacial score (nSPS) is 17.3. The zero-order valence-corrected chi connectivity index (χ0v) is 16.9. The minimum atomic E-state index is -0.651. The first-order valence-electron chi connectivity index (χ1n) is 10.5. The van der Waals surface area contributed by atoms with E-state index in [0.29, 0.717) is 0 Å². The van der Waals surface area contributed by atoms with Crippen LogP contribution >= 0.6 is 0 Å². The maximum atomic E-state index is 12.4. The summed E-state index contributed by atoms with van der Waals surface area (Å²) in [6.07, 6.45) is 14.7. The summed E-state index contributed by atoms with van der Waals surface area (Å²) < 4.78 is 0. The van der Waals surface area contributed by atoms with Crippen molar-refractivity contribution in [2.24, 2.45) is 0 Å². The summed E-state index contributed by atoms with van der Waals surface area (Å²) in [6.45, 7) is 0. The van der Waals surface area contributed by atoms with Gasteiger partial charge in [-0.15, -0.1) is 0 Å². The number of nitrogens with one attached hydrogen (secondary N) is 2. The molecule has 0 saturated heterocycles. The number of para-hydroxylation sites is 2. The molecule has 1 saturated carbocycles. The van der Waals surface area contributed by atoms with Gasteiger partial charge in [-0.05, 0) is 18.9 Å². The van der Waals surface area contributed by atoms with Crippen molar-refractivity contribution in [1.82, 2.24) is 5.32 Å². The first kappa shape index (κ1) is 22.4. The molecular weight excluding hydrogens is 368 g/mol. The molecule has 7 nitrogen and oxygen atoms in total. The molecule has 0 bridgehead atoms. The van der Waals surface area contributed by atoms with Crippen LogP contribution in [-0.2, 0) is 4.79 Å². The van der Waals surface area contributed by atoms with Crippen LogP contribution in [0.15, 0.2) is 36.0 Å². The van der Waals surface area contributed by atoms with E-state index in [-0.39, 0.29) is 23.0 Å². The summed E-state index contributed by atoms with van der Waals surface area (Å²) in [5.74, 6) is -0.651. The van der Waals surface area contributed by atoms with Gasteiger partial charge >= 0.3 is 0 Å². The molecule has 0 aromatic heterocycles. The van der Waals surface area contributed by atoms with E-state index in [4.69, 9.17) is 0 Å². The van der Waals surface area contributed by atoms with Gasteiger partial charge in [0.1, 0.15) is 17.3 Å². The zero-order valence-electron chi connectivity index (χ0n) is 16.9. The molecule has 0 spiro atoms. The lowest BCUT2D eigenvalue weighted by Gasteiger charge is -2.18. The number of hydrogen-bond acceptors (Lipinski definition) is 5. The van der Waals surface area contributed by atoms with Gasteiger partial charge in [0, 0.05) is 18.3 Å². The average Bonchev–Trinajstić information content (AvgIpc) is 2.70. The Morgan fingerprint density at radius 2 is 1.59 bits per heavy atom. The van der Waals surface area contributed by atoms with Crippen LogP contribution in [0.25, 0.3) is 0 Å². The fraction of sp³-hybridized carbons (Fsp3) is 0.545. The number of nitriles is 1. The van der Waals surface area contributed by atoms with E-state index in [1.54, 1.807) is 6.07 Å². The number of benzene rings is 1. The van der Waals surface area contributed by atoms with Crippen LogP contribution in [0, 0.1) is 21.4 Å². The Morgan fingerprint density at radius 3 is 2.14 bits per heavy atom. The maximum absolute atomic E-state index is 12.4. The summed E-state index contributed by atoms with van der Waals surface area (Å²) in [4.78, 5) is 23.0. The minimum absolute atomic E-state index is 0.0784. The third-order valence-corrected chi connectivity index (χ3v) is 5.28. The summed E-state index contributed by atoms with van der Waals surface area (Å²) in [6, 6.07) is 8.02. The van der Waals surface area contributed by atoms with Gasteiger partial charge in [0.05, 0.1) is 4.92 Å². The molecule has 156 valence electrons. The van der Waals surface area contributed by atoms with E-state index < -0.39 is 10.8 Å². The highest BCUT2D eigenvalue weighted by atomic mass is 16.6. The predicted molar refractivity (Wildman–Crippen MR) is 113 cm³/mol. The van der Waals surface area contributed by atoms with E-state index in [2.05, 4.69) is 10.6 Å². The molecule has 1 aliphatic rings. The summed E-state index contributed by atoms with van der Waals surface area (Å²) in [5, 5.41) is 26.2. The third-order valence-electron chi connectivity index (χ3n) is 5.28. The van der Waals surface area contributed by atoms with Gasteiger partial charge in [-0.2, -0.15) is 5.26 Å². The molecular formula is C22H30N4O3. The average molecular weight is 399 g/mol. The number of anilines is 1. The number of nitro groups is 1. The molecule has 0 unspecified atom stereocenters. The monoisotopic (exact) mass is 398 g/mol. The smallest absolute Gasteiger partial charge is 0.292 e. The lowest BCUT2D eigenvalue weighted by Crippen LogP contribution is -2.26. The second-order valence-electron chi connectivity index (χ2n) is 7.52. The molecule has 0 atom stereocenters. The molecule has 2 N–H and O–H groups in total. The molecule has 1 aliphatic carbocycles. The number of rotatable bonds is 5. The van der Waals surface area contributed by atoms with Crippen LogP contribution in [-0.4, -0.2) is 16.9 Å². The van der Waals surface area contributed by atoms with Gasteiger partial charge in [0.2, 0.25) is 0 Å². The fourth-order valence-corrected chi connectivity index (χ4v) is 3.61.